The molecule has 0 aliphatic carbocycles. The molecule has 2 aromatic carbocycles. The Balaban J connectivity index is 1.72. The highest BCUT2D eigenvalue weighted by Gasteiger charge is 2.18. The normalized spacial score (nSPS) is 11.6. The molecule has 0 fully saturated rings. The van der Waals surface area contributed by atoms with E-state index in [2.05, 4.69) is 15.3 Å². The molecule has 1 aromatic heterocycles. The molecule has 0 radical (unpaired) electrons. The molecule has 1 N–H and O–H groups in total. The van der Waals surface area contributed by atoms with Gasteiger partial charge in [0.05, 0.1) is 25.2 Å². The van der Waals surface area contributed by atoms with Crippen LogP contribution in [0.5, 0.6) is 11.5 Å². The predicted octanol–water partition coefficient (Wildman–Crippen LogP) is 4.59. The number of carbonyl (C=O) groups is 1. The smallest absolute Gasteiger partial charge is 0.237 e. The maximum atomic E-state index is 12.7. The van der Waals surface area contributed by atoms with Crippen molar-refractivity contribution in [2.45, 2.75) is 24.3 Å². The number of carbonyl (C=O) groups excluding carboxylic acids is 1. The third-order valence-corrected chi connectivity index (χ3v) is 5.17. The van der Waals surface area contributed by atoms with Gasteiger partial charge in [-0.05, 0) is 32.0 Å². The second-order valence-electron chi connectivity index (χ2n) is 6.36. The topological polar surface area (TPSA) is 73.3 Å². The van der Waals surface area contributed by atoms with E-state index >= 15 is 0 Å². The van der Waals surface area contributed by atoms with Crippen molar-refractivity contribution in [1.82, 2.24) is 9.97 Å². The summed E-state index contributed by atoms with van der Waals surface area (Å²) in [5, 5.41) is 3.09. The van der Waals surface area contributed by atoms with E-state index in [-0.39, 0.29) is 11.2 Å². The van der Waals surface area contributed by atoms with Crippen molar-refractivity contribution in [1.29, 1.82) is 0 Å². The number of amides is 1. The van der Waals surface area contributed by atoms with Gasteiger partial charge in [0.25, 0.3) is 0 Å². The van der Waals surface area contributed by atoms with Crippen LogP contribution < -0.4 is 14.8 Å². The first-order valence-electron chi connectivity index (χ1n) is 9.11. The van der Waals surface area contributed by atoms with Gasteiger partial charge in [-0.25, -0.2) is 9.97 Å². The minimum Gasteiger partial charge on any atom is -0.493 e. The van der Waals surface area contributed by atoms with Crippen molar-refractivity contribution in [2.24, 2.45) is 0 Å². The lowest BCUT2D eigenvalue weighted by atomic mass is 10.1. The van der Waals surface area contributed by atoms with Crippen LogP contribution in [0.15, 0.2) is 59.8 Å². The van der Waals surface area contributed by atoms with E-state index < -0.39 is 0 Å². The lowest BCUT2D eigenvalue weighted by Crippen LogP contribution is -2.22. The Morgan fingerprint density at radius 1 is 1.00 bits per heavy atom. The maximum Gasteiger partial charge on any atom is 0.237 e. The fourth-order valence-corrected chi connectivity index (χ4v) is 3.55. The summed E-state index contributed by atoms with van der Waals surface area (Å²) >= 11 is 1.32. The number of nitrogens with zero attached hydrogens (tertiary/aromatic N) is 2. The number of hydrogen-bond acceptors (Lipinski definition) is 6. The molecule has 29 heavy (non-hydrogen) atoms. The summed E-state index contributed by atoms with van der Waals surface area (Å²) in [4.78, 5) is 21.7. The van der Waals surface area contributed by atoms with Gasteiger partial charge in [0.1, 0.15) is 0 Å². The van der Waals surface area contributed by atoms with Gasteiger partial charge < -0.3 is 14.8 Å². The number of rotatable bonds is 7. The highest BCUT2D eigenvalue weighted by Crippen LogP contribution is 2.30. The Hall–Kier alpha value is -3.06. The van der Waals surface area contributed by atoms with E-state index in [4.69, 9.17) is 9.47 Å². The van der Waals surface area contributed by atoms with Crippen LogP contribution in [0.1, 0.15) is 12.6 Å². The lowest BCUT2D eigenvalue weighted by molar-refractivity contribution is -0.115. The van der Waals surface area contributed by atoms with E-state index in [9.17, 15) is 4.79 Å². The van der Waals surface area contributed by atoms with Crippen LogP contribution in [0.25, 0.3) is 11.3 Å². The molecular weight excluding hydrogens is 386 g/mol. The zero-order valence-corrected chi connectivity index (χ0v) is 17.6. The molecule has 6 nitrogen and oxygen atoms in total. The van der Waals surface area contributed by atoms with Crippen LogP contribution in [0.3, 0.4) is 0 Å². The minimum absolute atomic E-state index is 0.145. The first kappa shape index (κ1) is 20.7. The zero-order valence-electron chi connectivity index (χ0n) is 16.8. The first-order chi connectivity index (χ1) is 14.0. The van der Waals surface area contributed by atoms with Gasteiger partial charge in [-0.3, -0.25) is 4.79 Å². The van der Waals surface area contributed by atoms with Crippen molar-refractivity contribution >= 4 is 23.4 Å². The zero-order chi connectivity index (χ0) is 20.8. The summed E-state index contributed by atoms with van der Waals surface area (Å²) in [5.41, 5.74) is 3.35. The molecular formula is C22H23N3O3S. The van der Waals surface area contributed by atoms with Gasteiger partial charge in [-0.15, -0.1) is 0 Å². The number of methoxy groups -OCH3 is 2. The largest absolute Gasteiger partial charge is 0.493 e. The Bertz CT molecular complexity index is 996. The lowest BCUT2D eigenvalue weighted by Gasteiger charge is -2.14. The quantitative estimate of drug-likeness (QED) is 0.455. The van der Waals surface area contributed by atoms with Crippen molar-refractivity contribution in [3.8, 4) is 22.8 Å². The summed E-state index contributed by atoms with van der Waals surface area (Å²) in [6.07, 6.45) is 0. The third-order valence-electron chi connectivity index (χ3n) is 4.21. The fourth-order valence-electron chi connectivity index (χ4n) is 2.72. The van der Waals surface area contributed by atoms with Gasteiger partial charge in [0, 0.05) is 23.0 Å². The fraction of sp³-hybridized carbons (Fsp3) is 0.227. The van der Waals surface area contributed by atoms with E-state index in [1.807, 2.05) is 50.2 Å². The van der Waals surface area contributed by atoms with Crippen LogP contribution in [0, 0.1) is 6.92 Å². The number of nitrogens with one attached hydrogen (secondary N) is 1. The SMILES string of the molecule is COc1ccc(NC(=O)[C@H](C)Sc2nc(C)cc(-c3ccccc3)n2)cc1OC. The number of hydrogen-bond donors (Lipinski definition) is 1. The van der Waals surface area contributed by atoms with Gasteiger partial charge >= 0.3 is 0 Å². The molecule has 1 heterocycles. The minimum atomic E-state index is -0.381. The van der Waals surface area contributed by atoms with E-state index in [0.29, 0.717) is 22.3 Å². The van der Waals surface area contributed by atoms with Crippen molar-refractivity contribution in [3.05, 3.63) is 60.3 Å². The summed E-state index contributed by atoms with van der Waals surface area (Å²) < 4.78 is 10.5. The molecule has 0 aliphatic rings. The predicted molar refractivity (Wildman–Crippen MR) is 116 cm³/mol. The number of ether oxygens (including phenoxy) is 2. The standard InChI is InChI=1S/C22H23N3O3S/c1-14-12-18(16-8-6-5-7-9-16)25-22(23-14)29-15(2)21(26)24-17-10-11-19(27-3)20(13-17)28-4/h5-13,15H,1-4H3,(H,24,26)/t15-/m0/s1. The molecule has 0 spiro atoms. The van der Waals surface area contributed by atoms with Gasteiger partial charge in [0.15, 0.2) is 16.7 Å². The summed E-state index contributed by atoms with van der Waals surface area (Å²) in [6, 6.07) is 17.1. The molecule has 3 rings (SSSR count). The van der Waals surface area contributed by atoms with E-state index in [1.165, 1.54) is 11.8 Å². The Labute approximate surface area is 174 Å². The Morgan fingerprint density at radius 3 is 2.41 bits per heavy atom. The second kappa shape index (κ2) is 9.43. The van der Waals surface area contributed by atoms with E-state index in [0.717, 1.165) is 17.0 Å². The number of aromatic nitrogens is 2. The first-order valence-corrected chi connectivity index (χ1v) is 9.98. The van der Waals surface area contributed by atoms with Crippen LogP contribution in [0.2, 0.25) is 0 Å². The Morgan fingerprint density at radius 2 is 1.72 bits per heavy atom. The molecule has 0 unspecified atom stereocenters. The van der Waals surface area contributed by atoms with Crippen LogP contribution >= 0.6 is 11.8 Å². The van der Waals surface area contributed by atoms with Crippen LogP contribution in [-0.2, 0) is 4.79 Å². The Kier molecular flexibility index (Phi) is 6.72. The summed E-state index contributed by atoms with van der Waals surface area (Å²) in [5.74, 6) is 1.02. The van der Waals surface area contributed by atoms with Gasteiger partial charge in [0.2, 0.25) is 5.91 Å². The highest BCUT2D eigenvalue weighted by molar-refractivity contribution is 8.00. The third kappa shape index (κ3) is 5.26. The van der Waals surface area contributed by atoms with Gasteiger partial charge in [-0.1, -0.05) is 42.1 Å². The van der Waals surface area contributed by atoms with E-state index in [1.54, 1.807) is 32.4 Å². The van der Waals surface area contributed by atoms with Crippen LogP contribution in [0.4, 0.5) is 5.69 Å². The van der Waals surface area contributed by atoms with Crippen molar-refractivity contribution in [2.75, 3.05) is 19.5 Å². The number of anilines is 1. The summed E-state index contributed by atoms with van der Waals surface area (Å²) in [6.45, 7) is 3.75. The second-order valence-corrected chi connectivity index (χ2v) is 7.67. The monoisotopic (exact) mass is 409 g/mol. The molecule has 1 atom stereocenters. The molecule has 3 aromatic rings. The molecule has 7 heteroatoms. The van der Waals surface area contributed by atoms with Crippen LogP contribution in [-0.4, -0.2) is 35.3 Å². The number of aryl methyl sites for hydroxylation is 1. The highest BCUT2D eigenvalue weighted by atomic mass is 32.2. The summed E-state index contributed by atoms with van der Waals surface area (Å²) in [7, 11) is 3.13. The molecule has 0 saturated heterocycles. The molecule has 150 valence electrons. The molecule has 0 saturated carbocycles. The molecule has 0 aliphatic heterocycles. The molecule has 0 bridgehead atoms. The average molecular weight is 410 g/mol. The van der Waals surface area contributed by atoms with Crippen molar-refractivity contribution in [3.63, 3.8) is 0 Å². The number of benzene rings is 2. The van der Waals surface area contributed by atoms with Crippen molar-refractivity contribution < 1.29 is 14.3 Å². The maximum absolute atomic E-state index is 12.7. The number of thioether (sulfide) groups is 1. The average Bonchev–Trinajstić information content (AvgIpc) is 2.73. The van der Waals surface area contributed by atoms with Gasteiger partial charge in [-0.2, -0.15) is 0 Å². The molecule has 1 amide bonds.